The summed E-state index contributed by atoms with van der Waals surface area (Å²) in [5.41, 5.74) is 0.588. The Kier molecular flexibility index (Phi) is 11.7. The Bertz CT molecular complexity index is 2750. The molecular formula is C38H24Cl4F4N8O4. The van der Waals surface area contributed by atoms with Gasteiger partial charge in [-0.1, -0.05) is 46.4 Å². The normalized spacial score (nSPS) is 12.6. The van der Waals surface area contributed by atoms with Gasteiger partial charge in [0.05, 0.1) is 53.3 Å². The second-order valence-electron chi connectivity index (χ2n) is 12.4. The van der Waals surface area contributed by atoms with Crippen LogP contribution in [0.15, 0.2) is 95.3 Å². The number of anilines is 4. The lowest BCUT2D eigenvalue weighted by Crippen LogP contribution is -2.09. The van der Waals surface area contributed by atoms with Gasteiger partial charge in [-0.3, -0.25) is 19.6 Å². The summed E-state index contributed by atoms with van der Waals surface area (Å²) in [4.78, 5) is 47.2. The van der Waals surface area contributed by atoms with Crippen molar-refractivity contribution >= 4 is 113 Å². The number of halogens is 8. The summed E-state index contributed by atoms with van der Waals surface area (Å²) in [6.07, 6.45) is -0.843. The van der Waals surface area contributed by atoms with Crippen molar-refractivity contribution in [3.8, 4) is 0 Å². The number of rotatable bonds is 8. The third-order valence-electron chi connectivity index (χ3n) is 8.81. The molecule has 0 unspecified atom stereocenters. The van der Waals surface area contributed by atoms with E-state index in [-0.39, 0.29) is 53.7 Å². The summed E-state index contributed by atoms with van der Waals surface area (Å²) in [5, 5.41) is 28.1. The minimum atomic E-state index is -2.98. The minimum absolute atomic E-state index is 0.0156. The molecule has 58 heavy (non-hydrogen) atoms. The van der Waals surface area contributed by atoms with Crippen LogP contribution in [-0.4, -0.2) is 53.0 Å². The highest BCUT2D eigenvalue weighted by Gasteiger charge is 2.24. The number of aliphatic hydroxyl groups is 2. The standard InChI is InChI=1S/2C19H12Cl2F2N4O2/c2*20-11-5-8(16(28)17(22)23)6-12(21)15(11)27-18-9-1-4-25-19(29)14(9)10-7-24-3-2-13(10)26-18/h2*1-7,16-17,28H,(H,25,29)(H,26,27)/t2*16-/m10/s1. The topological polar surface area (TPSA) is 182 Å². The van der Waals surface area contributed by atoms with Crippen LogP contribution >= 0.6 is 46.4 Å². The van der Waals surface area contributed by atoms with E-state index in [0.717, 1.165) is 0 Å². The first-order chi connectivity index (χ1) is 27.7. The molecule has 0 aliphatic rings. The van der Waals surface area contributed by atoms with Crippen LogP contribution in [0, 0.1) is 0 Å². The highest BCUT2D eigenvalue weighted by atomic mass is 35.5. The lowest BCUT2D eigenvalue weighted by molar-refractivity contribution is -0.00579. The summed E-state index contributed by atoms with van der Waals surface area (Å²) in [5.74, 6) is 0.603. The molecule has 0 saturated carbocycles. The summed E-state index contributed by atoms with van der Waals surface area (Å²) in [7, 11) is 0. The number of benzene rings is 2. The van der Waals surface area contributed by atoms with Gasteiger partial charge >= 0.3 is 0 Å². The fraction of sp³-hybridized carbons (Fsp3) is 0.105. The molecule has 6 aromatic heterocycles. The van der Waals surface area contributed by atoms with Crippen molar-refractivity contribution in [3.05, 3.63) is 138 Å². The molecule has 2 aromatic carbocycles. The van der Waals surface area contributed by atoms with Gasteiger partial charge in [0.2, 0.25) is 0 Å². The Morgan fingerprint density at radius 3 is 1.28 bits per heavy atom. The highest BCUT2D eigenvalue weighted by Crippen LogP contribution is 2.40. The Morgan fingerprint density at radius 2 is 0.931 bits per heavy atom. The molecule has 2 atom stereocenters. The first-order valence-electron chi connectivity index (χ1n) is 16.7. The third-order valence-corrected chi connectivity index (χ3v) is 10.00. The quantitative estimate of drug-likeness (QED) is 0.0635. The Labute approximate surface area is 342 Å². The Hall–Kier alpha value is -5.62. The molecule has 0 bridgehead atoms. The zero-order chi connectivity index (χ0) is 41.4. The van der Waals surface area contributed by atoms with E-state index in [1.807, 2.05) is 0 Å². The van der Waals surface area contributed by atoms with Gasteiger partial charge in [-0.2, -0.15) is 0 Å². The minimum Gasteiger partial charge on any atom is -0.382 e. The Balaban J connectivity index is 0.000000177. The maximum Gasteiger partial charge on any atom is 0.268 e. The molecule has 6 N–H and O–H groups in total. The number of nitrogens with one attached hydrogen (secondary N) is 4. The van der Waals surface area contributed by atoms with Gasteiger partial charge in [0.15, 0.2) is 0 Å². The fourth-order valence-electron chi connectivity index (χ4n) is 6.09. The number of hydrogen-bond acceptors (Lipinski definition) is 10. The van der Waals surface area contributed by atoms with E-state index in [9.17, 15) is 37.4 Å². The lowest BCUT2D eigenvalue weighted by atomic mass is 10.1. The van der Waals surface area contributed by atoms with Crippen molar-refractivity contribution in [1.29, 1.82) is 0 Å². The molecule has 8 rings (SSSR count). The predicted molar refractivity (Wildman–Crippen MR) is 217 cm³/mol. The average molecular weight is 874 g/mol. The third kappa shape index (κ3) is 7.94. The van der Waals surface area contributed by atoms with Crippen LogP contribution in [0.2, 0.25) is 20.1 Å². The van der Waals surface area contributed by atoms with Crippen molar-refractivity contribution in [3.63, 3.8) is 0 Å². The zero-order valence-electron chi connectivity index (χ0n) is 28.9. The van der Waals surface area contributed by atoms with Crippen LogP contribution in [-0.2, 0) is 0 Å². The lowest BCUT2D eigenvalue weighted by Gasteiger charge is -2.16. The van der Waals surface area contributed by atoms with E-state index in [2.05, 4.69) is 40.5 Å². The van der Waals surface area contributed by atoms with E-state index in [4.69, 9.17) is 46.4 Å². The molecule has 0 spiro atoms. The van der Waals surface area contributed by atoms with Gasteiger partial charge in [0.25, 0.3) is 24.0 Å². The molecular weight excluding hydrogens is 850 g/mol. The molecule has 0 saturated heterocycles. The van der Waals surface area contributed by atoms with E-state index in [0.29, 0.717) is 55.0 Å². The van der Waals surface area contributed by atoms with E-state index in [1.54, 1.807) is 49.1 Å². The van der Waals surface area contributed by atoms with Crippen LogP contribution in [0.25, 0.3) is 43.4 Å². The predicted octanol–water partition coefficient (Wildman–Crippen LogP) is 9.64. The monoisotopic (exact) mass is 872 g/mol. The van der Waals surface area contributed by atoms with E-state index >= 15 is 0 Å². The average Bonchev–Trinajstić information content (AvgIpc) is 3.20. The largest absolute Gasteiger partial charge is 0.382 e. The molecule has 0 aliphatic carbocycles. The summed E-state index contributed by atoms with van der Waals surface area (Å²) in [6.45, 7) is 0. The molecule has 0 radical (unpaired) electrons. The van der Waals surface area contributed by atoms with Crippen LogP contribution < -0.4 is 21.8 Å². The zero-order valence-corrected chi connectivity index (χ0v) is 31.9. The number of nitrogens with zero attached hydrogens (tertiary/aromatic N) is 4. The summed E-state index contributed by atoms with van der Waals surface area (Å²) in [6, 6.07) is 11.4. The Morgan fingerprint density at radius 1 is 0.569 bits per heavy atom. The molecule has 0 fully saturated rings. The van der Waals surface area contributed by atoms with E-state index < -0.39 is 25.1 Å². The number of aliphatic hydroxyl groups excluding tert-OH is 2. The number of aromatic nitrogens is 6. The smallest absolute Gasteiger partial charge is 0.268 e. The second kappa shape index (κ2) is 16.7. The van der Waals surface area contributed by atoms with Gasteiger partial charge in [-0.15, -0.1) is 0 Å². The van der Waals surface area contributed by atoms with Crippen LogP contribution in [0.4, 0.5) is 40.6 Å². The van der Waals surface area contributed by atoms with Crippen molar-refractivity contribution < 1.29 is 27.8 Å². The first-order valence-corrected chi connectivity index (χ1v) is 18.2. The molecule has 0 amide bonds. The maximum absolute atomic E-state index is 12.8. The molecule has 12 nitrogen and oxygen atoms in total. The number of fused-ring (bicyclic) bond motifs is 6. The fourth-order valence-corrected chi connectivity index (χ4v) is 7.28. The number of hydrogen-bond donors (Lipinski definition) is 6. The van der Waals surface area contributed by atoms with Gasteiger partial charge in [0.1, 0.15) is 23.8 Å². The van der Waals surface area contributed by atoms with Crippen molar-refractivity contribution in [2.75, 3.05) is 10.6 Å². The van der Waals surface area contributed by atoms with Crippen LogP contribution in [0.5, 0.6) is 0 Å². The number of pyridine rings is 6. The number of H-pyrrole nitrogens is 2. The van der Waals surface area contributed by atoms with Crippen LogP contribution in [0.3, 0.4) is 0 Å². The van der Waals surface area contributed by atoms with Gasteiger partial charge < -0.3 is 30.8 Å². The SMILES string of the molecule is O=c1[nH]ccc2c(Nc3c(Cl)cc([C@@H](O)C(F)F)cc3Cl)nc3ccncc3c12.O=c1[nH]ccc2c(Nc3c(Cl)cc([C@H](O)C(F)F)cc3Cl)nc3ccncc3c12. The van der Waals surface area contributed by atoms with Gasteiger partial charge in [-0.25, -0.2) is 27.5 Å². The summed E-state index contributed by atoms with van der Waals surface area (Å²) < 4.78 is 51.1. The maximum atomic E-state index is 12.8. The highest BCUT2D eigenvalue weighted by molar-refractivity contribution is 6.40. The second-order valence-corrected chi connectivity index (χ2v) is 14.1. The number of aromatic amines is 2. The molecule has 20 heteroatoms. The van der Waals surface area contributed by atoms with Crippen molar-refractivity contribution in [2.45, 2.75) is 25.1 Å². The first kappa shape index (κ1) is 40.6. The van der Waals surface area contributed by atoms with Crippen molar-refractivity contribution in [2.24, 2.45) is 0 Å². The molecule has 0 aliphatic heterocycles. The summed E-state index contributed by atoms with van der Waals surface area (Å²) >= 11 is 24.9. The van der Waals surface area contributed by atoms with Crippen molar-refractivity contribution in [1.82, 2.24) is 29.9 Å². The van der Waals surface area contributed by atoms with Gasteiger partial charge in [-0.05, 0) is 59.7 Å². The molecule has 8 aromatic rings. The van der Waals surface area contributed by atoms with E-state index in [1.165, 1.54) is 36.7 Å². The molecule has 6 heterocycles. The number of alkyl halides is 4. The molecule has 296 valence electrons. The van der Waals surface area contributed by atoms with Gasteiger partial charge in [0, 0.05) is 58.7 Å². The van der Waals surface area contributed by atoms with Crippen LogP contribution in [0.1, 0.15) is 23.3 Å².